The lowest BCUT2D eigenvalue weighted by Crippen LogP contribution is -2.32. The summed E-state index contributed by atoms with van der Waals surface area (Å²) < 4.78 is 10.6. The number of nitrogens with zero attached hydrogens (tertiary/aromatic N) is 1. The van der Waals surface area contributed by atoms with Crippen molar-refractivity contribution in [1.82, 2.24) is 5.43 Å². The van der Waals surface area contributed by atoms with Crippen LogP contribution in [0.5, 0.6) is 5.75 Å². The molecular formula is C20H16ClN3O4. The Morgan fingerprint density at radius 2 is 1.86 bits per heavy atom. The highest BCUT2D eigenvalue weighted by Gasteiger charge is 2.13. The molecule has 0 spiro atoms. The molecule has 2 aromatic carbocycles. The van der Waals surface area contributed by atoms with E-state index in [-0.39, 0.29) is 0 Å². The summed E-state index contributed by atoms with van der Waals surface area (Å²) in [5, 5.41) is 6.78. The molecule has 0 radical (unpaired) electrons. The van der Waals surface area contributed by atoms with Crippen molar-refractivity contribution in [3.8, 4) is 17.1 Å². The lowest BCUT2D eigenvalue weighted by atomic mass is 10.2. The molecule has 1 heterocycles. The van der Waals surface area contributed by atoms with Crippen LogP contribution in [-0.4, -0.2) is 25.1 Å². The molecule has 1 aromatic heterocycles. The molecular weight excluding hydrogens is 382 g/mol. The van der Waals surface area contributed by atoms with Crippen molar-refractivity contribution in [3.05, 3.63) is 71.4 Å². The van der Waals surface area contributed by atoms with Gasteiger partial charge in [-0.2, -0.15) is 5.10 Å². The number of methoxy groups -OCH3 is 1. The number of hydrogen-bond donors (Lipinski definition) is 2. The quantitative estimate of drug-likeness (QED) is 0.390. The summed E-state index contributed by atoms with van der Waals surface area (Å²) in [5.41, 5.74) is 3.42. The molecule has 8 heteroatoms. The second-order valence-corrected chi connectivity index (χ2v) is 6.03. The van der Waals surface area contributed by atoms with Gasteiger partial charge in [-0.05, 0) is 48.5 Å². The van der Waals surface area contributed by atoms with E-state index in [0.29, 0.717) is 28.0 Å². The summed E-state index contributed by atoms with van der Waals surface area (Å²) in [6.07, 6.45) is 1.30. The third-order valence-corrected chi connectivity index (χ3v) is 3.88. The monoisotopic (exact) mass is 397 g/mol. The fourth-order valence-electron chi connectivity index (χ4n) is 2.29. The van der Waals surface area contributed by atoms with Gasteiger partial charge in [-0.15, -0.1) is 0 Å². The highest BCUT2D eigenvalue weighted by atomic mass is 35.5. The van der Waals surface area contributed by atoms with E-state index in [1.54, 1.807) is 48.5 Å². The zero-order valence-corrected chi connectivity index (χ0v) is 15.6. The molecule has 3 aromatic rings. The predicted octanol–water partition coefficient (Wildman–Crippen LogP) is 3.70. The van der Waals surface area contributed by atoms with E-state index in [2.05, 4.69) is 15.8 Å². The molecule has 0 unspecified atom stereocenters. The number of hydrazone groups is 1. The number of furan rings is 1. The van der Waals surface area contributed by atoms with E-state index >= 15 is 0 Å². The van der Waals surface area contributed by atoms with Gasteiger partial charge in [0.1, 0.15) is 17.3 Å². The van der Waals surface area contributed by atoms with Gasteiger partial charge in [0.25, 0.3) is 0 Å². The summed E-state index contributed by atoms with van der Waals surface area (Å²) in [6.45, 7) is 0. The lowest BCUT2D eigenvalue weighted by Gasteiger charge is -2.05. The molecule has 0 fully saturated rings. The molecule has 0 aliphatic carbocycles. The molecule has 0 aliphatic rings. The topological polar surface area (TPSA) is 92.9 Å². The van der Waals surface area contributed by atoms with Gasteiger partial charge in [0.05, 0.1) is 13.3 Å². The molecule has 0 saturated carbocycles. The summed E-state index contributed by atoms with van der Waals surface area (Å²) in [5.74, 6) is -0.101. The minimum atomic E-state index is -0.909. The van der Waals surface area contributed by atoms with E-state index in [9.17, 15) is 9.59 Å². The van der Waals surface area contributed by atoms with Gasteiger partial charge in [-0.1, -0.05) is 23.7 Å². The van der Waals surface area contributed by atoms with Crippen LogP contribution in [0.4, 0.5) is 5.69 Å². The molecule has 0 aliphatic heterocycles. The van der Waals surface area contributed by atoms with E-state index in [1.807, 2.05) is 12.1 Å². The van der Waals surface area contributed by atoms with Crippen LogP contribution < -0.4 is 15.5 Å². The third-order valence-electron chi connectivity index (χ3n) is 3.65. The number of carbonyl (C=O) groups is 2. The van der Waals surface area contributed by atoms with Crippen molar-refractivity contribution >= 4 is 35.3 Å². The fraction of sp³-hybridized carbons (Fsp3) is 0.0500. The van der Waals surface area contributed by atoms with Crippen molar-refractivity contribution < 1.29 is 18.7 Å². The van der Waals surface area contributed by atoms with Crippen LogP contribution in [0.25, 0.3) is 11.3 Å². The van der Waals surface area contributed by atoms with Gasteiger partial charge < -0.3 is 14.5 Å². The Hall–Kier alpha value is -3.58. The minimum Gasteiger partial charge on any atom is -0.497 e. The number of halogens is 1. The Balaban J connectivity index is 1.55. The Morgan fingerprint density at radius 1 is 1.07 bits per heavy atom. The van der Waals surface area contributed by atoms with Gasteiger partial charge in [0.2, 0.25) is 0 Å². The fourth-order valence-corrected chi connectivity index (χ4v) is 2.48. The standard InChI is InChI=1S/C20H16ClN3O4/c1-27-16-7-5-15(6-8-16)23-19(25)20(26)24-22-12-17-9-10-18(28-17)13-3-2-4-14(21)11-13/h2-12H,1H3,(H,23,25)(H,24,26)/b22-12+. The van der Waals surface area contributed by atoms with E-state index in [4.69, 9.17) is 20.8 Å². The number of benzene rings is 2. The average molecular weight is 398 g/mol. The molecule has 2 amide bonds. The first kappa shape index (κ1) is 19.2. The molecule has 2 N–H and O–H groups in total. The van der Waals surface area contributed by atoms with Gasteiger partial charge in [-0.25, -0.2) is 5.43 Å². The molecule has 0 saturated heterocycles. The number of anilines is 1. The molecule has 0 bridgehead atoms. The number of amides is 2. The van der Waals surface area contributed by atoms with Gasteiger partial charge in [-0.3, -0.25) is 9.59 Å². The summed E-state index contributed by atoms with van der Waals surface area (Å²) in [4.78, 5) is 23.7. The first-order valence-corrected chi connectivity index (χ1v) is 8.57. The second-order valence-electron chi connectivity index (χ2n) is 5.59. The maximum absolute atomic E-state index is 11.9. The smallest absolute Gasteiger partial charge is 0.329 e. The molecule has 3 rings (SSSR count). The SMILES string of the molecule is COc1ccc(NC(=O)C(=O)N/N=C/c2ccc(-c3cccc(Cl)c3)o2)cc1. The highest BCUT2D eigenvalue weighted by Crippen LogP contribution is 2.24. The molecule has 7 nitrogen and oxygen atoms in total. The van der Waals surface area contributed by atoms with E-state index in [1.165, 1.54) is 13.3 Å². The van der Waals surface area contributed by atoms with Crippen LogP contribution in [0.15, 0.2) is 70.2 Å². The third kappa shape index (κ3) is 4.99. The van der Waals surface area contributed by atoms with Crippen LogP contribution in [0.2, 0.25) is 5.02 Å². The molecule has 0 atom stereocenters. The number of nitrogens with one attached hydrogen (secondary N) is 2. The molecule has 142 valence electrons. The number of hydrogen-bond acceptors (Lipinski definition) is 5. The van der Waals surface area contributed by atoms with Crippen molar-refractivity contribution in [3.63, 3.8) is 0 Å². The van der Waals surface area contributed by atoms with Gasteiger partial charge in [0.15, 0.2) is 0 Å². The van der Waals surface area contributed by atoms with Crippen LogP contribution in [0, 0.1) is 0 Å². The second kappa shape index (κ2) is 8.88. The van der Waals surface area contributed by atoms with Crippen molar-refractivity contribution in [2.75, 3.05) is 12.4 Å². The van der Waals surface area contributed by atoms with Crippen LogP contribution >= 0.6 is 11.6 Å². The number of carbonyl (C=O) groups excluding carboxylic acids is 2. The normalized spacial score (nSPS) is 10.6. The zero-order valence-electron chi connectivity index (χ0n) is 14.8. The first-order chi connectivity index (χ1) is 13.5. The maximum atomic E-state index is 11.9. The Bertz CT molecular complexity index is 1010. The van der Waals surface area contributed by atoms with Crippen molar-refractivity contribution in [2.45, 2.75) is 0 Å². The lowest BCUT2D eigenvalue weighted by molar-refractivity contribution is -0.136. The van der Waals surface area contributed by atoms with Gasteiger partial charge >= 0.3 is 11.8 Å². The summed E-state index contributed by atoms with van der Waals surface area (Å²) in [7, 11) is 1.54. The van der Waals surface area contributed by atoms with E-state index < -0.39 is 11.8 Å². The first-order valence-electron chi connectivity index (χ1n) is 8.19. The Kier molecular flexibility index (Phi) is 6.08. The van der Waals surface area contributed by atoms with Crippen LogP contribution in [-0.2, 0) is 9.59 Å². The Morgan fingerprint density at radius 3 is 2.57 bits per heavy atom. The highest BCUT2D eigenvalue weighted by molar-refractivity contribution is 6.39. The number of rotatable bonds is 5. The number of ether oxygens (including phenoxy) is 1. The predicted molar refractivity (Wildman–Crippen MR) is 107 cm³/mol. The van der Waals surface area contributed by atoms with Crippen LogP contribution in [0.1, 0.15) is 5.76 Å². The largest absolute Gasteiger partial charge is 0.497 e. The molecule has 28 heavy (non-hydrogen) atoms. The maximum Gasteiger partial charge on any atom is 0.329 e. The average Bonchev–Trinajstić information content (AvgIpc) is 3.17. The zero-order chi connectivity index (χ0) is 19.9. The minimum absolute atomic E-state index is 0.408. The van der Waals surface area contributed by atoms with Crippen molar-refractivity contribution in [2.24, 2.45) is 5.10 Å². The van der Waals surface area contributed by atoms with Crippen LogP contribution in [0.3, 0.4) is 0 Å². The summed E-state index contributed by atoms with van der Waals surface area (Å²) in [6, 6.07) is 17.2. The van der Waals surface area contributed by atoms with Crippen molar-refractivity contribution in [1.29, 1.82) is 0 Å². The summed E-state index contributed by atoms with van der Waals surface area (Å²) >= 11 is 5.96. The van der Waals surface area contributed by atoms with E-state index in [0.717, 1.165) is 5.56 Å². The Labute approximate surface area is 166 Å². The van der Waals surface area contributed by atoms with Gasteiger partial charge in [0, 0.05) is 16.3 Å².